The molecule has 0 saturated heterocycles. The predicted octanol–water partition coefficient (Wildman–Crippen LogP) is 6.67. The van der Waals surface area contributed by atoms with Crippen LogP contribution in [-0.4, -0.2) is 10.7 Å². The highest BCUT2D eigenvalue weighted by Gasteiger charge is 2.34. The van der Waals surface area contributed by atoms with Gasteiger partial charge >= 0.3 is 0 Å². The van der Waals surface area contributed by atoms with Gasteiger partial charge in [0.15, 0.2) is 23.6 Å². The zero-order chi connectivity index (χ0) is 19.6. The van der Waals surface area contributed by atoms with Crippen molar-refractivity contribution in [3.8, 4) is 0 Å². The lowest BCUT2D eigenvalue weighted by Crippen LogP contribution is -2.20. The lowest BCUT2D eigenvalue weighted by atomic mass is 9.96. The summed E-state index contributed by atoms with van der Waals surface area (Å²) in [6.07, 6.45) is -1.34. The number of fused-ring (bicyclic) bond motifs is 3. The van der Waals surface area contributed by atoms with Gasteiger partial charge in [-0.25, -0.2) is 22.0 Å². The van der Waals surface area contributed by atoms with Crippen LogP contribution in [0.5, 0.6) is 0 Å². The summed E-state index contributed by atoms with van der Waals surface area (Å²) >= 11 is 0. The van der Waals surface area contributed by atoms with E-state index in [2.05, 4.69) is 0 Å². The summed E-state index contributed by atoms with van der Waals surface area (Å²) in [7, 11) is 0. The van der Waals surface area contributed by atoms with Gasteiger partial charge in [-0.1, -0.05) is 18.6 Å². The molecule has 1 aliphatic carbocycles. The molecule has 0 amide bonds. The minimum Gasteiger partial charge on any atom is -0.304 e. The number of aryl methyl sites for hydroxylation is 2. The van der Waals surface area contributed by atoms with Gasteiger partial charge in [0.25, 0.3) is 0 Å². The Balaban J connectivity index is 2.22. The highest BCUT2D eigenvalue weighted by molar-refractivity contribution is 6.11. The molecule has 2 unspecified atom stereocenters. The second-order valence-electron chi connectivity index (χ2n) is 7.03. The molecule has 0 bridgehead atoms. The van der Waals surface area contributed by atoms with Gasteiger partial charge in [-0.05, 0) is 43.7 Å². The minimum atomic E-state index is -2.19. The molecule has 0 radical (unpaired) electrons. The van der Waals surface area contributed by atoms with Crippen molar-refractivity contribution in [2.45, 2.75) is 26.9 Å². The van der Waals surface area contributed by atoms with Crippen LogP contribution in [0.3, 0.4) is 0 Å². The standard InChI is InChI=1S/C21H16F5N/c1-9-4-5-15-12(6-9)13-7-10(2)17(23)20(26)21(13)27(15)16-8-14(22)11(3)18(24)19(16)25/h4-8,11,18H,1-3H3. The third kappa shape index (κ3) is 2.42. The molecule has 27 heavy (non-hydrogen) atoms. The molecule has 0 N–H and O–H groups in total. The Morgan fingerprint density at radius 3 is 2.33 bits per heavy atom. The number of hydrogen-bond acceptors (Lipinski definition) is 0. The number of allylic oxidation sites excluding steroid dienone is 4. The van der Waals surface area contributed by atoms with Crippen LogP contribution in [0, 0.1) is 31.4 Å². The van der Waals surface area contributed by atoms with Crippen LogP contribution >= 0.6 is 0 Å². The zero-order valence-electron chi connectivity index (χ0n) is 14.9. The smallest absolute Gasteiger partial charge is 0.183 e. The highest BCUT2D eigenvalue weighted by Crippen LogP contribution is 2.41. The number of aromatic nitrogens is 1. The summed E-state index contributed by atoms with van der Waals surface area (Å²) in [6.45, 7) is 4.48. The molecule has 3 aromatic rings. The van der Waals surface area contributed by atoms with Crippen molar-refractivity contribution in [3.63, 3.8) is 0 Å². The van der Waals surface area contributed by atoms with Gasteiger partial charge in [0.1, 0.15) is 5.83 Å². The Hall–Kier alpha value is -2.63. The van der Waals surface area contributed by atoms with E-state index in [0.29, 0.717) is 16.3 Å². The van der Waals surface area contributed by atoms with Crippen molar-refractivity contribution in [3.05, 3.63) is 64.8 Å². The summed E-state index contributed by atoms with van der Waals surface area (Å²) in [6, 6.07) is 6.54. The second-order valence-corrected chi connectivity index (χ2v) is 7.03. The Kier molecular flexibility index (Phi) is 3.91. The normalized spacial score (nSPS) is 20.7. The molecule has 140 valence electrons. The molecule has 2 atom stereocenters. The maximum absolute atomic E-state index is 14.9. The molecule has 0 fully saturated rings. The average Bonchev–Trinajstić information content (AvgIpc) is 2.94. The Morgan fingerprint density at radius 1 is 0.926 bits per heavy atom. The molecule has 1 heterocycles. The van der Waals surface area contributed by atoms with E-state index in [1.165, 1.54) is 19.9 Å². The third-order valence-corrected chi connectivity index (χ3v) is 5.15. The van der Waals surface area contributed by atoms with Crippen LogP contribution < -0.4 is 0 Å². The van der Waals surface area contributed by atoms with E-state index in [4.69, 9.17) is 0 Å². The van der Waals surface area contributed by atoms with E-state index < -0.39 is 41.1 Å². The second kappa shape index (κ2) is 5.94. The van der Waals surface area contributed by atoms with Gasteiger partial charge in [-0.2, -0.15) is 0 Å². The lowest BCUT2D eigenvalue weighted by Gasteiger charge is -2.22. The quantitative estimate of drug-likeness (QED) is 0.418. The first-order valence-corrected chi connectivity index (χ1v) is 8.53. The summed E-state index contributed by atoms with van der Waals surface area (Å²) in [4.78, 5) is 0. The lowest BCUT2D eigenvalue weighted by molar-refractivity contribution is 0.241. The average molecular weight is 377 g/mol. The number of hydrogen-bond donors (Lipinski definition) is 0. The zero-order valence-corrected chi connectivity index (χ0v) is 14.9. The van der Waals surface area contributed by atoms with Crippen molar-refractivity contribution in [1.82, 2.24) is 4.57 Å². The van der Waals surface area contributed by atoms with Gasteiger partial charge < -0.3 is 4.57 Å². The van der Waals surface area contributed by atoms with E-state index in [0.717, 1.165) is 16.2 Å². The van der Waals surface area contributed by atoms with Crippen molar-refractivity contribution < 1.29 is 22.0 Å². The van der Waals surface area contributed by atoms with Gasteiger partial charge in [0.2, 0.25) is 0 Å². The van der Waals surface area contributed by atoms with Crippen LogP contribution in [0.1, 0.15) is 18.1 Å². The Bertz CT molecular complexity index is 1170. The summed E-state index contributed by atoms with van der Waals surface area (Å²) in [5, 5.41) is 0.906. The number of halogens is 5. The third-order valence-electron chi connectivity index (χ3n) is 5.15. The number of alkyl halides is 1. The highest BCUT2D eigenvalue weighted by atomic mass is 19.2. The maximum atomic E-state index is 14.9. The fourth-order valence-corrected chi connectivity index (χ4v) is 3.60. The molecule has 0 spiro atoms. The van der Waals surface area contributed by atoms with Crippen molar-refractivity contribution in [1.29, 1.82) is 0 Å². The predicted molar refractivity (Wildman–Crippen MR) is 96.4 cm³/mol. The molecule has 1 nitrogen and oxygen atoms in total. The molecule has 1 aliphatic rings. The fourth-order valence-electron chi connectivity index (χ4n) is 3.60. The van der Waals surface area contributed by atoms with Gasteiger partial charge in [0, 0.05) is 16.7 Å². The van der Waals surface area contributed by atoms with Gasteiger partial charge in [-0.3, -0.25) is 0 Å². The first-order valence-electron chi connectivity index (χ1n) is 8.53. The fraction of sp³-hybridized carbons (Fsp3) is 0.238. The number of rotatable bonds is 1. The van der Waals surface area contributed by atoms with Crippen LogP contribution in [0.15, 0.2) is 42.0 Å². The van der Waals surface area contributed by atoms with Crippen LogP contribution in [-0.2, 0) is 0 Å². The van der Waals surface area contributed by atoms with Crippen LogP contribution in [0.4, 0.5) is 22.0 Å². The summed E-state index contributed by atoms with van der Waals surface area (Å²) in [5.74, 6) is -5.58. The molecular formula is C21H16F5N. The first kappa shape index (κ1) is 17.8. The van der Waals surface area contributed by atoms with Crippen molar-refractivity contribution in [2.75, 3.05) is 0 Å². The largest absolute Gasteiger partial charge is 0.304 e. The Morgan fingerprint density at radius 2 is 1.63 bits per heavy atom. The number of benzene rings is 2. The van der Waals surface area contributed by atoms with E-state index in [-0.39, 0.29) is 11.1 Å². The molecule has 4 rings (SSSR count). The topological polar surface area (TPSA) is 4.93 Å². The minimum absolute atomic E-state index is 0.0948. The van der Waals surface area contributed by atoms with E-state index in [1.54, 1.807) is 18.2 Å². The first-order chi connectivity index (χ1) is 12.7. The SMILES string of the molecule is Cc1ccc2c(c1)c1cc(C)c(F)c(F)c1n2C1=C(F)C(F)C(C)C(F)=C1. The molecule has 0 aliphatic heterocycles. The van der Waals surface area contributed by atoms with Crippen LogP contribution in [0.2, 0.25) is 0 Å². The molecule has 1 aromatic heterocycles. The van der Waals surface area contributed by atoms with Crippen LogP contribution in [0.25, 0.3) is 27.5 Å². The van der Waals surface area contributed by atoms with E-state index in [1.807, 2.05) is 6.92 Å². The Labute approximate surface area is 152 Å². The van der Waals surface area contributed by atoms with E-state index in [9.17, 15) is 22.0 Å². The summed E-state index contributed by atoms with van der Waals surface area (Å²) < 4.78 is 73.4. The molecule has 0 saturated carbocycles. The molecular weight excluding hydrogens is 361 g/mol. The van der Waals surface area contributed by atoms with Crippen molar-refractivity contribution in [2.24, 2.45) is 5.92 Å². The van der Waals surface area contributed by atoms with E-state index >= 15 is 0 Å². The molecule has 6 heteroatoms. The van der Waals surface area contributed by atoms with Gasteiger partial charge in [0.05, 0.1) is 16.7 Å². The number of nitrogens with zero attached hydrogens (tertiary/aromatic N) is 1. The van der Waals surface area contributed by atoms with Gasteiger partial charge in [-0.15, -0.1) is 0 Å². The van der Waals surface area contributed by atoms with Crippen molar-refractivity contribution >= 4 is 27.5 Å². The monoisotopic (exact) mass is 377 g/mol. The molecule has 2 aromatic carbocycles. The summed E-state index contributed by atoms with van der Waals surface area (Å²) in [5.41, 5.74) is 0.604. The maximum Gasteiger partial charge on any atom is 0.183 e.